The van der Waals surface area contributed by atoms with Gasteiger partial charge in [0.15, 0.2) is 0 Å². The molecule has 29 heavy (non-hydrogen) atoms. The Balaban J connectivity index is 1.64. The van der Waals surface area contributed by atoms with Crippen LogP contribution in [0.1, 0.15) is 34.8 Å². The molecule has 0 bridgehead atoms. The third-order valence-corrected chi connectivity index (χ3v) is 6.34. The quantitative estimate of drug-likeness (QED) is 0.506. The second-order valence-corrected chi connectivity index (χ2v) is 8.48. The molecule has 1 saturated heterocycles. The molecule has 1 atom stereocenters. The van der Waals surface area contributed by atoms with Crippen LogP contribution in [0.3, 0.4) is 0 Å². The Labute approximate surface area is 184 Å². The summed E-state index contributed by atoms with van der Waals surface area (Å²) < 4.78 is 0. The number of piperidine rings is 1. The van der Waals surface area contributed by atoms with E-state index >= 15 is 0 Å². The largest absolute Gasteiger partial charge is 0.345 e. The lowest BCUT2D eigenvalue weighted by Gasteiger charge is -2.32. The van der Waals surface area contributed by atoms with Gasteiger partial charge in [-0.1, -0.05) is 46.9 Å². The van der Waals surface area contributed by atoms with Gasteiger partial charge in [-0.15, -0.1) is 0 Å². The number of nitrogens with zero attached hydrogens (tertiary/aromatic N) is 1. The number of rotatable bonds is 4. The second kappa shape index (κ2) is 8.88. The lowest BCUT2D eigenvalue weighted by atomic mass is 9.85. The number of nitrogens with one attached hydrogen (secondary N) is 2. The molecular formula is C22H20Cl3N3O. The Morgan fingerprint density at radius 1 is 1.00 bits per heavy atom. The molecule has 7 heteroatoms. The van der Waals surface area contributed by atoms with Crippen molar-refractivity contribution in [3.05, 3.63) is 75.0 Å². The van der Waals surface area contributed by atoms with Crippen molar-refractivity contribution in [3.63, 3.8) is 0 Å². The van der Waals surface area contributed by atoms with Crippen LogP contribution in [0, 0.1) is 5.92 Å². The summed E-state index contributed by atoms with van der Waals surface area (Å²) in [6.07, 6.45) is 3.65. The van der Waals surface area contributed by atoms with Gasteiger partial charge in [-0.25, -0.2) is 4.98 Å². The van der Waals surface area contributed by atoms with E-state index in [1.807, 2.05) is 30.3 Å². The number of fused-ring (bicyclic) bond motifs is 1. The number of carbonyl (C=O) groups excluding carboxylic acids is 1. The van der Waals surface area contributed by atoms with E-state index in [0.717, 1.165) is 42.3 Å². The Kier molecular flexibility index (Phi) is 6.26. The molecule has 0 saturated carbocycles. The molecule has 4 rings (SSSR count). The lowest BCUT2D eigenvalue weighted by Crippen LogP contribution is -2.38. The summed E-state index contributed by atoms with van der Waals surface area (Å²) >= 11 is 18.4. The molecule has 2 aromatic carbocycles. The van der Waals surface area contributed by atoms with E-state index < -0.39 is 0 Å². The van der Waals surface area contributed by atoms with Crippen LogP contribution in [0.2, 0.25) is 15.2 Å². The van der Waals surface area contributed by atoms with Crippen LogP contribution < -0.4 is 10.6 Å². The summed E-state index contributed by atoms with van der Waals surface area (Å²) in [7, 11) is 0. The van der Waals surface area contributed by atoms with Crippen LogP contribution in [0.25, 0.3) is 10.8 Å². The molecular weight excluding hydrogens is 429 g/mol. The Hall–Kier alpha value is -1.85. The van der Waals surface area contributed by atoms with Crippen LogP contribution in [-0.4, -0.2) is 24.0 Å². The fraction of sp³-hybridized carbons (Fsp3) is 0.273. The number of amides is 1. The van der Waals surface area contributed by atoms with Gasteiger partial charge in [0.2, 0.25) is 0 Å². The number of halogens is 3. The third-order valence-electron chi connectivity index (χ3n) is 5.40. The molecule has 1 aliphatic rings. The zero-order valence-corrected chi connectivity index (χ0v) is 17.9. The number of hydrogen-bond acceptors (Lipinski definition) is 3. The first kappa shape index (κ1) is 20.4. The summed E-state index contributed by atoms with van der Waals surface area (Å²) in [5.41, 5.74) is 1.55. The predicted molar refractivity (Wildman–Crippen MR) is 119 cm³/mol. The second-order valence-electron chi connectivity index (χ2n) is 7.28. The van der Waals surface area contributed by atoms with Gasteiger partial charge in [0.1, 0.15) is 5.15 Å². The van der Waals surface area contributed by atoms with E-state index in [9.17, 15) is 4.79 Å². The SMILES string of the molecule is O=C(NC(c1ccc(Cl)c(Cl)c1)C1CCNCC1)c1ccc2cnc(Cl)cc2c1. The van der Waals surface area contributed by atoms with Gasteiger partial charge in [0.25, 0.3) is 5.91 Å². The molecule has 0 radical (unpaired) electrons. The fourth-order valence-corrected chi connectivity index (χ4v) is 4.31. The van der Waals surface area contributed by atoms with Crippen molar-refractivity contribution in [3.8, 4) is 0 Å². The van der Waals surface area contributed by atoms with E-state index in [-0.39, 0.29) is 11.9 Å². The number of carbonyl (C=O) groups is 1. The standard InChI is InChI=1S/C22H20Cl3N3O/c23-18-4-3-14(10-19(18)24)21(13-5-7-26-8-6-13)28-22(29)15-1-2-16-12-27-20(25)11-17(16)9-15/h1-4,9-13,21,26H,5-8H2,(H,28,29). The fourth-order valence-electron chi connectivity index (χ4n) is 3.84. The molecule has 1 unspecified atom stereocenters. The van der Waals surface area contributed by atoms with Crippen molar-refractivity contribution in [1.29, 1.82) is 0 Å². The minimum absolute atomic E-state index is 0.130. The highest BCUT2D eigenvalue weighted by atomic mass is 35.5. The van der Waals surface area contributed by atoms with Gasteiger partial charge < -0.3 is 10.6 Å². The molecule has 1 fully saturated rings. The molecule has 1 amide bonds. The van der Waals surface area contributed by atoms with Crippen LogP contribution in [0.15, 0.2) is 48.7 Å². The number of hydrogen-bond donors (Lipinski definition) is 2. The maximum atomic E-state index is 13.1. The highest BCUT2D eigenvalue weighted by molar-refractivity contribution is 6.42. The molecule has 1 aromatic heterocycles. The minimum atomic E-state index is -0.143. The minimum Gasteiger partial charge on any atom is -0.345 e. The van der Waals surface area contributed by atoms with Gasteiger partial charge in [-0.3, -0.25) is 4.79 Å². The van der Waals surface area contributed by atoms with Crippen molar-refractivity contribution >= 4 is 51.5 Å². The van der Waals surface area contributed by atoms with Crippen molar-refractivity contribution in [2.75, 3.05) is 13.1 Å². The summed E-state index contributed by atoms with van der Waals surface area (Å²) in [5.74, 6) is 0.186. The first-order valence-corrected chi connectivity index (χ1v) is 10.7. The lowest BCUT2D eigenvalue weighted by molar-refractivity contribution is 0.0914. The molecule has 150 valence electrons. The van der Waals surface area contributed by atoms with E-state index in [2.05, 4.69) is 15.6 Å². The Morgan fingerprint density at radius 3 is 2.55 bits per heavy atom. The smallest absolute Gasteiger partial charge is 0.251 e. The normalized spacial score (nSPS) is 16.0. The van der Waals surface area contributed by atoms with Crippen LogP contribution in [-0.2, 0) is 0 Å². The average molecular weight is 449 g/mol. The maximum Gasteiger partial charge on any atom is 0.251 e. The highest BCUT2D eigenvalue weighted by Crippen LogP contribution is 2.33. The summed E-state index contributed by atoms with van der Waals surface area (Å²) in [5, 5.41) is 9.82. The predicted octanol–water partition coefficient (Wildman–Crippen LogP) is 5.67. The van der Waals surface area contributed by atoms with Crippen LogP contribution >= 0.6 is 34.8 Å². The van der Waals surface area contributed by atoms with Gasteiger partial charge in [-0.2, -0.15) is 0 Å². The van der Waals surface area contributed by atoms with Crippen molar-refractivity contribution < 1.29 is 4.79 Å². The van der Waals surface area contributed by atoms with E-state index in [0.29, 0.717) is 26.7 Å². The van der Waals surface area contributed by atoms with Crippen LogP contribution in [0.4, 0.5) is 0 Å². The summed E-state index contributed by atoms with van der Waals surface area (Å²) in [6, 6.07) is 12.7. The average Bonchev–Trinajstić information content (AvgIpc) is 2.74. The zero-order chi connectivity index (χ0) is 20.4. The van der Waals surface area contributed by atoms with Gasteiger partial charge >= 0.3 is 0 Å². The molecule has 3 aromatic rings. The van der Waals surface area contributed by atoms with E-state index in [1.165, 1.54) is 0 Å². The van der Waals surface area contributed by atoms with E-state index in [1.54, 1.807) is 18.3 Å². The van der Waals surface area contributed by atoms with E-state index in [4.69, 9.17) is 34.8 Å². The number of pyridine rings is 1. The number of benzene rings is 2. The van der Waals surface area contributed by atoms with Gasteiger partial charge in [0, 0.05) is 17.1 Å². The van der Waals surface area contributed by atoms with Crippen LogP contribution in [0.5, 0.6) is 0 Å². The molecule has 0 spiro atoms. The Morgan fingerprint density at radius 2 is 1.79 bits per heavy atom. The maximum absolute atomic E-state index is 13.1. The summed E-state index contributed by atoms with van der Waals surface area (Å²) in [4.78, 5) is 17.2. The molecule has 0 aliphatic carbocycles. The van der Waals surface area contributed by atoms with Crippen molar-refractivity contribution in [2.24, 2.45) is 5.92 Å². The zero-order valence-electron chi connectivity index (χ0n) is 15.6. The monoisotopic (exact) mass is 447 g/mol. The topological polar surface area (TPSA) is 54.0 Å². The highest BCUT2D eigenvalue weighted by Gasteiger charge is 2.27. The first-order chi connectivity index (χ1) is 14.0. The molecule has 2 heterocycles. The first-order valence-electron chi connectivity index (χ1n) is 9.53. The number of aromatic nitrogens is 1. The Bertz CT molecular complexity index is 1050. The summed E-state index contributed by atoms with van der Waals surface area (Å²) in [6.45, 7) is 1.86. The molecule has 2 N–H and O–H groups in total. The van der Waals surface area contributed by atoms with Gasteiger partial charge in [-0.05, 0) is 73.1 Å². The molecule has 4 nitrogen and oxygen atoms in total. The van der Waals surface area contributed by atoms with Gasteiger partial charge in [0.05, 0.1) is 16.1 Å². The van der Waals surface area contributed by atoms with Crippen molar-refractivity contribution in [2.45, 2.75) is 18.9 Å². The van der Waals surface area contributed by atoms with Crippen molar-refractivity contribution in [1.82, 2.24) is 15.6 Å². The molecule has 1 aliphatic heterocycles. The third kappa shape index (κ3) is 4.67.